The maximum absolute atomic E-state index is 11.6. The van der Waals surface area contributed by atoms with Gasteiger partial charge in [-0.1, -0.05) is 0 Å². The molecule has 1 saturated carbocycles. The number of nitrogens with one attached hydrogen (secondary N) is 2. The Balaban J connectivity index is 2.33. The maximum atomic E-state index is 11.6. The lowest BCUT2D eigenvalue weighted by Gasteiger charge is -2.40. The van der Waals surface area contributed by atoms with Crippen LogP contribution < -0.4 is 10.6 Å². The average molecular weight is 274 g/mol. The molecule has 0 bridgehead atoms. The van der Waals surface area contributed by atoms with Crippen molar-refractivity contribution >= 4 is 12.0 Å². The predicted octanol–water partition coefficient (Wildman–Crippen LogP) is 0.344. The summed E-state index contributed by atoms with van der Waals surface area (Å²) in [5, 5.41) is 14.0. The first-order chi connectivity index (χ1) is 9.03. The van der Waals surface area contributed by atoms with Gasteiger partial charge in [-0.05, 0) is 19.3 Å². The molecule has 7 nitrogen and oxygen atoms in total. The first-order valence-electron chi connectivity index (χ1n) is 6.34. The number of hydrogen-bond donors (Lipinski definition) is 3. The predicted molar refractivity (Wildman–Crippen MR) is 68.0 cm³/mol. The van der Waals surface area contributed by atoms with Crippen LogP contribution in [0.25, 0.3) is 0 Å². The number of carbonyl (C=O) groups is 2. The molecule has 1 fully saturated rings. The average Bonchev–Trinajstić information content (AvgIpc) is 2.33. The molecule has 1 aliphatic rings. The summed E-state index contributed by atoms with van der Waals surface area (Å²) in [5.74, 6) is -1.07. The molecule has 0 aromatic heterocycles. The number of urea groups is 1. The third kappa shape index (κ3) is 4.68. The highest BCUT2D eigenvalue weighted by Gasteiger charge is 2.37. The van der Waals surface area contributed by atoms with Gasteiger partial charge < -0.3 is 25.2 Å². The maximum Gasteiger partial charge on any atom is 0.326 e. The van der Waals surface area contributed by atoms with Crippen LogP contribution in [0.1, 0.15) is 25.7 Å². The molecule has 0 saturated heterocycles. The van der Waals surface area contributed by atoms with E-state index in [4.69, 9.17) is 14.6 Å². The summed E-state index contributed by atoms with van der Waals surface area (Å²) in [6, 6.07) is -1.44. The zero-order chi connectivity index (χ0) is 14.3. The Labute approximate surface area is 112 Å². The molecular weight excluding hydrogens is 252 g/mol. The molecule has 110 valence electrons. The molecular formula is C12H22N2O5. The molecule has 2 amide bonds. The Morgan fingerprint density at radius 3 is 2.47 bits per heavy atom. The fourth-order valence-electron chi connectivity index (χ4n) is 1.97. The Hall–Kier alpha value is -1.34. The van der Waals surface area contributed by atoms with E-state index in [0.29, 0.717) is 6.54 Å². The molecule has 1 atom stereocenters. The van der Waals surface area contributed by atoms with Crippen LogP contribution in [0.2, 0.25) is 0 Å². The second-order valence-corrected chi connectivity index (χ2v) is 4.74. The highest BCUT2D eigenvalue weighted by molar-refractivity contribution is 5.82. The number of carbonyl (C=O) groups excluding carboxylic acids is 1. The van der Waals surface area contributed by atoms with Crippen molar-refractivity contribution in [3.63, 3.8) is 0 Å². The number of amides is 2. The van der Waals surface area contributed by atoms with Crippen molar-refractivity contribution < 1.29 is 24.2 Å². The zero-order valence-electron chi connectivity index (χ0n) is 11.4. The SMILES string of the molecule is COCCC(NC(=O)NCC1(OC)CCC1)C(=O)O. The Morgan fingerprint density at radius 2 is 2.05 bits per heavy atom. The lowest BCUT2D eigenvalue weighted by atomic mass is 9.80. The Morgan fingerprint density at radius 1 is 1.37 bits per heavy atom. The monoisotopic (exact) mass is 274 g/mol. The van der Waals surface area contributed by atoms with Gasteiger partial charge in [0.15, 0.2) is 0 Å². The first kappa shape index (κ1) is 15.7. The standard InChI is InChI=1S/C12H22N2O5/c1-18-7-4-9(10(15)16)14-11(17)13-8-12(19-2)5-3-6-12/h9H,3-8H2,1-2H3,(H,15,16)(H2,13,14,17). The summed E-state index contributed by atoms with van der Waals surface area (Å²) < 4.78 is 10.2. The van der Waals surface area contributed by atoms with E-state index >= 15 is 0 Å². The van der Waals surface area contributed by atoms with Gasteiger partial charge >= 0.3 is 12.0 Å². The second kappa shape index (κ2) is 7.30. The van der Waals surface area contributed by atoms with Crippen molar-refractivity contribution in [2.24, 2.45) is 0 Å². The third-order valence-electron chi connectivity index (χ3n) is 3.48. The van der Waals surface area contributed by atoms with Crippen molar-refractivity contribution in [1.82, 2.24) is 10.6 Å². The van der Waals surface area contributed by atoms with Crippen LogP contribution in [-0.2, 0) is 14.3 Å². The number of rotatable bonds is 8. The normalized spacial score (nSPS) is 18.2. The lowest BCUT2D eigenvalue weighted by Crippen LogP contribution is -2.53. The van der Waals surface area contributed by atoms with Crippen LogP contribution in [0.3, 0.4) is 0 Å². The number of methoxy groups -OCH3 is 2. The van der Waals surface area contributed by atoms with E-state index in [1.165, 1.54) is 7.11 Å². The number of carboxylic acid groups (broad SMARTS) is 1. The highest BCUT2D eigenvalue weighted by atomic mass is 16.5. The van der Waals surface area contributed by atoms with Crippen molar-refractivity contribution in [1.29, 1.82) is 0 Å². The van der Waals surface area contributed by atoms with Crippen LogP contribution in [0, 0.1) is 0 Å². The van der Waals surface area contributed by atoms with E-state index in [0.717, 1.165) is 19.3 Å². The van der Waals surface area contributed by atoms with Crippen molar-refractivity contribution in [3.05, 3.63) is 0 Å². The van der Waals surface area contributed by atoms with Gasteiger partial charge in [0.2, 0.25) is 0 Å². The summed E-state index contributed by atoms with van der Waals surface area (Å²) >= 11 is 0. The van der Waals surface area contributed by atoms with Crippen LogP contribution in [0.4, 0.5) is 4.79 Å². The number of aliphatic carboxylic acids is 1. The number of carboxylic acids is 1. The highest BCUT2D eigenvalue weighted by Crippen LogP contribution is 2.34. The van der Waals surface area contributed by atoms with Crippen LogP contribution in [0.5, 0.6) is 0 Å². The van der Waals surface area contributed by atoms with E-state index < -0.39 is 18.0 Å². The minimum absolute atomic E-state index is 0.231. The molecule has 1 rings (SSSR count). The van der Waals surface area contributed by atoms with E-state index in [2.05, 4.69) is 10.6 Å². The van der Waals surface area contributed by atoms with E-state index in [9.17, 15) is 9.59 Å². The third-order valence-corrected chi connectivity index (χ3v) is 3.48. The van der Waals surface area contributed by atoms with Crippen LogP contribution >= 0.6 is 0 Å². The molecule has 0 aromatic carbocycles. The summed E-state index contributed by atoms with van der Waals surface area (Å²) in [6.45, 7) is 0.672. The fraction of sp³-hybridized carbons (Fsp3) is 0.833. The van der Waals surface area contributed by atoms with Crippen molar-refractivity contribution in [2.75, 3.05) is 27.4 Å². The molecule has 1 unspecified atom stereocenters. The van der Waals surface area contributed by atoms with Gasteiger partial charge in [-0.25, -0.2) is 9.59 Å². The van der Waals surface area contributed by atoms with Gasteiger partial charge in [-0.2, -0.15) is 0 Å². The summed E-state index contributed by atoms with van der Waals surface area (Å²) in [7, 11) is 3.11. The van der Waals surface area contributed by atoms with E-state index in [1.54, 1.807) is 7.11 Å². The molecule has 3 N–H and O–H groups in total. The molecule has 0 aliphatic heterocycles. The minimum atomic E-state index is -1.07. The van der Waals surface area contributed by atoms with E-state index in [1.807, 2.05) is 0 Å². The van der Waals surface area contributed by atoms with Crippen molar-refractivity contribution in [2.45, 2.75) is 37.3 Å². The minimum Gasteiger partial charge on any atom is -0.480 e. The molecule has 0 heterocycles. The zero-order valence-corrected chi connectivity index (χ0v) is 11.4. The fourth-order valence-corrected chi connectivity index (χ4v) is 1.97. The quantitative estimate of drug-likeness (QED) is 0.593. The van der Waals surface area contributed by atoms with E-state index in [-0.39, 0.29) is 18.6 Å². The van der Waals surface area contributed by atoms with Gasteiger partial charge in [0, 0.05) is 33.8 Å². The topological polar surface area (TPSA) is 96.9 Å². The number of ether oxygens (including phenoxy) is 2. The molecule has 7 heteroatoms. The summed E-state index contributed by atoms with van der Waals surface area (Å²) in [4.78, 5) is 22.6. The van der Waals surface area contributed by atoms with Gasteiger partial charge in [0.25, 0.3) is 0 Å². The molecule has 0 aromatic rings. The smallest absolute Gasteiger partial charge is 0.326 e. The van der Waals surface area contributed by atoms with Crippen LogP contribution in [0.15, 0.2) is 0 Å². The van der Waals surface area contributed by atoms with Gasteiger partial charge in [-0.15, -0.1) is 0 Å². The Kier molecular flexibility index (Phi) is 6.04. The Bertz CT molecular complexity index is 312. The van der Waals surface area contributed by atoms with Crippen molar-refractivity contribution in [3.8, 4) is 0 Å². The molecule has 0 radical (unpaired) electrons. The molecule has 0 spiro atoms. The summed E-state index contributed by atoms with van der Waals surface area (Å²) in [5.41, 5.74) is -0.275. The van der Waals surface area contributed by atoms with Gasteiger partial charge in [0.1, 0.15) is 6.04 Å². The summed E-state index contributed by atoms with van der Waals surface area (Å²) in [6.07, 6.45) is 3.14. The van der Waals surface area contributed by atoms with Gasteiger partial charge in [-0.3, -0.25) is 0 Å². The van der Waals surface area contributed by atoms with Crippen LogP contribution in [-0.4, -0.2) is 56.1 Å². The first-order valence-corrected chi connectivity index (χ1v) is 6.34. The second-order valence-electron chi connectivity index (χ2n) is 4.74. The number of hydrogen-bond acceptors (Lipinski definition) is 4. The molecule has 19 heavy (non-hydrogen) atoms. The van der Waals surface area contributed by atoms with Gasteiger partial charge in [0.05, 0.1) is 5.60 Å². The largest absolute Gasteiger partial charge is 0.480 e. The lowest BCUT2D eigenvalue weighted by molar-refractivity contribution is -0.139. The molecule has 1 aliphatic carbocycles.